The van der Waals surface area contributed by atoms with Crippen molar-refractivity contribution in [1.29, 1.82) is 0 Å². The van der Waals surface area contributed by atoms with E-state index in [4.69, 9.17) is 0 Å². The van der Waals surface area contributed by atoms with Crippen LogP contribution in [0.25, 0.3) is 0 Å². The van der Waals surface area contributed by atoms with E-state index in [1.165, 1.54) is 11.1 Å². The van der Waals surface area contributed by atoms with Crippen LogP contribution in [0.3, 0.4) is 0 Å². The molecule has 0 saturated carbocycles. The first-order chi connectivity index (χ1) is 6.79. The van der Waals surface area contributed by atoms with Gasteiger partial charge in [-0.1, -0.05) is 47.6 Å². The molecule has 0 N–H and O–H groups in total. The van der Waals surface area contributed by atoms with Gasteiger partial charge in [-0.15, -0.1) is 0 Å². The molecular formula is C13H27N. The Kier molecular flexibility index (Phi) is 24.3. The van der Waals surface area contributed by atoms with Gasteiger partial charge in [0.05, 0.1) is 0 Å². The van der Waals surface area contributed by atoms with Crippen LogP contribution in [0.5, 0.6) is 0 Å². The first kappa shape index (κ1) is 18.8. The first-order valence-electron chi connectivity index (χ1n) is 5.67. The second-order valence-corrected chi connectivity index (χ2v) is 2.04. The van der Waals surface area contributed by atoms with E-state index in [-0.39, 0.29) is 0 Å². The molecule has 0 aliphatic carbocycles. The van der Waals surface area contributed by atoms with Gasteiger partial charge in [-0.25, -0.2) is 0 Å². The van der Waals surface area contributed by atoms with Crippen molar-refractivity contribution < 1.29 is 0 Å². The van der Waals surface area contributed by atoms with E-state index < -0.39 is 0 Å². The van der Waals surface area contributed by atoms with Crippen molar-refractivity contribution in [3.63, 3.8) is 0 Å². The maximum absolute atomic E-state index is 3.98. The molecule has 0 atom stereocenters. The van der Waals surface area contributed by atoms with Gasteiger partial charge in [0.1, 0.15) is 0 Å². The summed E-state index contributed by atoms with van der Waals surface area (Å²) in [5.74, 6) is 0. The molecule has 1 heteroatoms. The fourth-order valence-electron chi connectivity index (χ4n) is 0.706. The van der Waals surface area contributed by atoms with E-state index >= 15 is 0 Å². The molecule has 84 valence electrons. The Bertz CT molecular complexity index is 165. The molecule has 1 nitrogen and oxygen atoms in total. The third kappa shape index (κ3) is 13.7. The summed E-state index contributed by atoms with van der Waals surface area (Å²) >= 11 is 0. The van der Waals surface area contributed by atoms with Crippen molar-refractivity contribution in [2.45, 2.75) is 55.4 Å². The Morgan fingerprint density at radius 2 is 1.00 bits per heavy atom. The molecule has 0 radical (unpaired) electrons. The molecule has 0 fully saturated rings. The maximum Gasteiger partial charge on any atom is 0.0297 e. The largest absolute Gasteiger partial charge is 0.264 e. The number of pyridine rings is 1. The predicted octanol–water partition coefficient (Wildman–Crippen LogP) is 4.78. The van der Waals surface area contributed by atoms with Crippen LogP contribution < -0.4 is 0 Å². The maximum atomic E-state index is 3.98. The summed E-state index contributed by atoms with van der Waals surface area (Å²) in [6, 6.07) is 2.10. The van der Waals surface area contributed by atoms with E-state index in [1.54, 1.807) is 0 Å². The molecule has 1 aromatic heterocycles. The Morgan fingerprint density at radius 1 is 0.714 bits per heavy atom. The van der Waals surface area contributed by atoms with E-state index in [0.29, 0.717) is 0 Å². The molecule has 0 spiro atoms. The minimum atomic E-state index is 1.23. The number of hydrogen-bond acceptors (Lipinski definition) is 1. The van der Waals surface area contributed by atoms with Crippen molar-refractivity contribution in [3.05, 3.63) is 29.6 Å². The minimum absolute atomic E-state index is 1.23. The molecular weight excluding hydrogens is 170 g/mol. The van der Waals surface area contributed by atoms with Crippen LogP contribution in [-0.2, 0) is 0 Å². The van der Waals surface area contributed by atoms with Crippen molar-refractivity contribution >= 4 is 0 Å². The van der Waals surface area contributed by atoms with Crippen LogP contribution in [0.2, 0.25) is 0 Å². The molecule has 0 bridgehead atoms. The standard InChI is InChI=1S/C7H9N.3C2H6/c1-6-3-7(2)5-8-4-6;3*1-2/h3-5H,1-2H3;3*1-2H3. The molecule has 1 heterocycles. The van der Waals surface area contributed by atoms with E-state index in [0.717, 1.165) is 0 Å². The lowest BCUT2D eigenvalue weighted by Gasteiger charge is -1.89. The van der Waals surface area contributed by atoms with Gasteiger partial charge < -0.3 is 0 Å². The second kappa shape index (κ2) is 18.0. The summed E-state index contributed by atoms with van der Waals surface area (Å²) < 4.78 is 0. The molecule has 0 aliphatic rings. The number of rotatable bonds is 0. The highest BCUT2D eigenvalue weighted by molar-refractivity contribution is 5.14. The Hall–Kier alpha value is -0.850. The van der Waals surface area contributed by atoms with Gasteiger partial charge in [-0.05, 0) is 25.0 Å². The van der Waals surface area contributed by atoms with Crippen LogP contribution in [0, 0.1) is 13.8 Å². The van der Waals surface area contributed by atoms with Gasteiger partial charge in [-0.2, -0.15) is 0 Å². The number of hydrogen-bond donors (Lipinski definition) is 0. The zero-order valence-corrected chi connectivity index (χ0v) is 11.2. The van der Waals surface area contributed by atoms with Crippen LogP contribution in [0.1, 0.15) is 52.7 Å². The molecule has 0 saturated heterocycles. The van der Waals surface area contributed by atoms with Gasteiger partial charge >= 0.3 is 0 Å². The summed E-state index contributed by atoms with van der Waals surface area (Å²) in [6.07, 6.45) is 3.71. The fourth-order valence-corrected chi connectivity index (χ4v) is 0.706. The van der Waals surface area contributed by atoms with Crippen LogP contribution >= 0.6 is 0 Å². The van der Waals surface area contributed by atoms with Gasteiger partial charge in [0.2, 0.25) is 0 Å². The number of nitrogens with zero attached hydrogens (tertiary/aromatic N) is 1. The van der Waals surface area contributed by atoms with Gasteiger partial charge in [-0.3, -0.25) is 4.98 Å². The van der Waals surface area contributed by atoms with E-state index in [2.05, 4.69) is 11.1 Å². The highest BCUT2D eigenvalue weighted by atomic mass is 14.6. The average molecular weight is 197 g/mol. The Balaban J connectivity index is -0.000000174. The topological polar surface area (TPSA) is 12.9 Å². The summed E-state index contributed by atoms with van der Waals surface area (Å²) in [5.41, 5.74) is 2.45. The Labute approximate surface area is 90.6 Å². The predicted molar refractivity (Wildman–Crippen MR) is 67.8 cm³/mol. The average Bonchev–Trinajstić information content (AvgIpc) is 2.26. The van der Waals surface area contributed by atoms with Gasteiger partial charge in [0.25, 0.3) is 0 Å². The smallest absolute Gasteiger partial charge is 0.0297 e. The second-order valence-electron chi connectivity index (χ2n) is 2.04. The lowest BCUT2D eigenvalue weighted by atomic mass is 10.2. The van der Waals surface area contributed by atoms with Crippen molar-refractivity contribution in [2.75, 3.05) is 0 Å². The van der Waals surface area contributed by atoms with E-state index in [1.807, 2.05) is 67.8 Å². The minimum Gasteiger partial charge on any atom is -0.264 e. The van der Waals surface area contributed by atoms with Crippen molar-refractivity contribution in [1.82, 2.24) is 4.98 Å². The quantitative estimate of drug-likeness (QED) is 0.583. The third-order valence-corrected chi connectivity index (χ3v) is 1.01. The molecule has 1 aromatic rings. The van der Waals surface area contributed by atoms with Crippen LogP contribution in [-0.4, -0.2) is 4.98 Å². The molecule has 0 unspecified atom stereocenters. The van der Waals surface area contributed by atoms with Gasteiger partial charge in [0.15, 0.2) is 0 Å². The first-order valence-corrected chi connectivity index (χ1v) is 5.67. The highest BCUT2D eigenvalue weighted by Gasteiger charge is 1.81. The molecule has 0 aromatic carbocycles. The molecule has 1 rings (SSSR count). The monoisotopic (exact) mass is 197 g/mol. The van der Waals surface area contributed by atoms with Gasteiger partial charge in [0, 0.05) is 12.4 Å². The fraction of sp³-hybridized carbons (Fsp3) is 0.615. The number of aromatic nitrogens is 1. The zero-order chi connectivity index (χ0) is 12.0. The van der Waals surface area contributed by atoms with Crippen molar-refractivity contribution in [2.24, 2.45) is 0 Å². The zero-order valence-electron chi connectivity index (χ0n) is 11.2. The van der Waals surface area contributed by atoms with Crippen molar-refractivity contribution in [3.8, 4) is 0 Å². The molecule has 0 amide bonds. The molecule has 0 aliphatic heterocycles. The summed E-state index contributed by atoms with van der Waals surface area (Å²) in [6.45, 7) is 16.1. The van der Waals surface area contributed by atoms with Crippen LogP contribution in [0.4, 0.5) is 0 Å². The van der Waals surface area contributed by atoms with Crippen LogP contribution in [0.15, 0.2) is 18.5 Å². The lowest BCUT2D eigenvalue weighted by Crippen LogP contribution is -1.76. The highest BCUT2D eigenvalue weighted by Crippen LogP contribution is 1.96. The number of aryl methyl sites for hydroxylation is 2. The summed E-state index contributed by atoms with van der Waals surface area (Å²) in [7, 11) is 0. The SMILES string of the molecule is CC.CC.CC.Cc1cncc(C)c1. The summed E-state index contributed by atoms with van der Waals surface area (Å²) in [4.78, 5) is 3.98. The third-order valence-electron chi connectivity index (χ3n) is 1.01. The van der Waals surface area contributed by atoms with E-state index in [9.17, 15) is 0 Å². The summed E-state index contributed by atoms with van der Waals surface area (Å²) in [5, 5.41) is 0. The lowest BCUT2D eigenvalue weighted by molar-refractivity contribution is 1.22. The molecule has 14 heavy (non-hydrogen) atoms. The Morgan fingerprint density at radius 3 is 1.14 bits per heavy atom. The normalized spacial score (nSPS) is 6.57.